The Kier molecular flexibility index (Phi) is 4.08. The highest BCUT2D eigenvalue weighted by Crippen LogP contribution is 2.20. The van der Waals surface area contributed by atoms with Crippen molar-refractivity contribution in [2.45, 2.75) is 33.2 Å². The summed E-state index contributed by atoms with van der Waals surface area (Å²) in [4.78, 5) is 22.4. The third kappa shape index (κ3) is 2.98. The van der Waals surface area contributed by atoms with E-state index in [4.69, 9.17) is 0 Å². The molecule has 6 nitrogen and oxygen atoms in total. The van der Waals surface area contributed by atoms with Gasteiger partial charge in [0.1, 0.15) is 5.82 Å². The van der Waals surface area contributed by atoms with E-state index in [0.29, 0.717) is 30.0 Å². The summed E-state index contributed by atoms with van der Waals surface area (Å²) in [5.41, 5.74) is 1.07. The molecule has 0 aromatic carbocycles. The molecular formula is C13H19N3O3S. The first kappa shape index (κ1) is 14.9. The van der Waals surface area contributed by atoms with E-state index < -0.39 is 9.84 Å². The van der Waals surface area contributed by atoms with Gasteiger partial charge < -0.3 is 4.90 Å². The molecule has 20 heavy (non-hydrogen) atoms. The molecule has 7 heteroatoms. The molecule has 1 aliphatic rings. The number of hydrogen-bond donors (Lipinski definition) is 0. The highest BCUT2D eigenvalue weighted by Gasteiger charge is 2.34. The van der Waals surface area contributed by atoms with Gasteiger partial charge in [0.15, 0.2) is 9.84 Å². The number of carbonyl (C=O) groups excluding carboxylic acids is 1. The van der Waals surface area contributed by atoms with Gasteiger partial charge in [-0.05, 0) is 27.2 Å². The monoisotopic (exact) mass is 297 g/mol. The number of sulfone groups is 1. The molecule has 1 aromatic heterocycles. The highest BCUT2D eigenvalue weighted by atomic mass is 32.2. The normalized spacial score (nSPS) is 20.9. The Bertz CT molecular complexity index is 628. The zero-order valence-electron chi connectivity index (χ0n) is 12.0. The van der Waals surface area contributed by atoms with E-state index in [2.05, 4.69) is 9.97 Å². The summed E-state index contributed by atoms with van der Waals surface area (Å²) in [6.07, 6.45) is 2.03. The van der Waals surface area contributed by atoms with Crippen molar-refractivity contribution in [3.05, 3.63) is 23.3 Å². The molecule has 0 aliphatic carbocycles. The van der Waals surface area contributed by atoms with Gasteiger partial charge in [-0.15, -0.1) is 0 Å². The summed E-state index contributed by atoms with van der Waals surface area (Å²) in [5.74, 6) is 0.640. The smallest absolute Gasteiger partial charge is 0.257 e. The van der Waals surface area contributed by atoms with Crippen molar-refractivity contribution in [2.24, 2.45) is 0 Å². The number of aromatic nitrogens is 2. The summed E-state index contributed by atoms with van der Waals surface area (Å²) < 4.78 is 23.1. The minimum absolute atomic E-state index is 0.0539. The molecule has 2 rings (SSSR count). The molecule has 110 valence electrons. The second-order valence-corrected chi connectivity index (χ2v) is 7.29. The van der Waals surface area contributed by atoms with Gasteiger partial charge in [0, 0.05) is 18.8 Å². The van der Waals surface area contributed by atoms with E-state index in [1.165, 1.54) is 6.20 Å². The number of hydrogen-bond acceptors (Lipinski definition) is 5. The minimum Gasteiger partial charge on any atom is -0.335 e. The second-order valence-electron chi connectivity index (χ2n) is 5.06. The minimum atomic E-state index is -3.01. The standard InChI is InChI=1S/C13H19N3O3S/c1-4-16(11-5-6-20(18,19)8-11)13(17)12-7-14-10(3)15-9(12)2/h7,11H,4-6,8H2,1-3H3. The first-order valence-corrected chi connectivity index (χ1v) is 8.48. The van der Waals surface area contributed by atoms with E-state index in [1.54, 1.807) is 18.7 Å². The van der Waals surface area contributed by atoms with Crippen molar-refractivity contribution >= 4 is 15.7 Å². The maximum Gasteiger partial charge on any atom is 0.257 e. The molecule has 1 aromatic rings. The van der Waals surface area contributed by atoms with Crippen LogP contribution >= 0.6 is 0 Å². The first-order chi connectivity index (χ1) is 9.34. The lowest BCUT2D eigenvalue weighted by atomic mass is 10.1. The fourth-order valence-electron chi connectivity index (χ4n) is 2.54. The molecule has 1 saturated heterocycles. The average molecular weight is 297 g/mol. The van der Waals surface area contributed by atoms with Gasteiger partial charge in [0.25, 0.3) is 5.91 Å². The molecule has 1 unspecified atom stereocenters. The van der Waals surface area contributed by atoms with Crippen LogP contribution in [0.3, 0.4) is 0 Å². The van der Waals surface area contributed by atoms with Gasteiger partial charge in [-0.3, -0.25) is 4.79 Å². The molecule has 1 aliphatic heterocycles. The van der Waals surface area contributed by atoms with Crippen molar-refractivity contribution in [1.29, 1.82) is 0 Å². The average Bonchev–Trinajstić information content (AvgIpc) is 2.70. The van der Waals surface area contributed by atoms with Crippen LogP contribution in [0.25, 0.3) is 0 Å². The topological polar surface area (TPSA) is 80.2 Å². The van der Waals surface area contributed by atoms with Crippen molar-refractivity contribution in [1.82, 2.24) is 14.9 Å². The molecule has 0 saturated carbocycles. The molecule has 1 atom stereocenters. The van der Waals surface area contributed by atoms with Crippen LogP contribution in [0.15, 0.2) is 6.20 Å². The number of aryl methyl sites for hydroxylation is 2. The molecule has 2 heterocycles. The first-order valence-electron chi connectivity index (χ1n) is 6.65. The van der Waals surface area contributed by atoms with Crippen molar-refractivity contribution < 1.29 is 13.2 Å². The van der Waals surface area contributed by atoms with Crippen LogP contribution < -0.4 is 0 Å². The van der Waals surface area contributed by atoms with E-state index >= 15 is 0 Å². The van der Waals surface area contributed by atoms with Crippen molar-refractivity contribution in [3.63, 3.8) is 0 Å². The van der Waals surface area contributed by atoms with Crippen LogP contribution in [-0.2, 0) is 9.84 Å². The van der Waals surface area contributed by atoms with Crippen LogP contribution in [0.2, 0.25) is 0 Å². The summed E-state index contributed by atoms with van der Waals surface area (Å²) in [6, 6.07) is -0.238. The Hall–Kier alpha value is -1.50. The van der Waals surface area contributed by atoms with Crippen LogP contribution in [0, 0.1) is 13.8 Å². The number of amides is 1. The summed E-state index contributed by atoms with van der Waals surface area (Å²) in [6.45, 7) is 5.86. The quantitative estimate of drug-likeness (QED) is 0.822. The third-order valence-corrected chi connectivity index (χ3v) is 5.33. The van der Waals surface area contributed by atoms with E-state index in [1.807, 2.05) is 6.92 Å². The SMILES string of the molecule is CCN(C(=O)c1cnc(C)nc1C)C1CCS(=O)(=O)C1. The van der Waals surface area contributed by atoms with Gasteiger partial charge >= 0.3 is 0 Å². The lowest BCUT2D eigenvalue weighted by Crippen LogP contribution is -2.41. The third-order valence-electron chi connectivity index (χ3n) is 3.58. The number of nitrogens with zero attached hydrogens (tertiary/aromatic N) is 3. The van der Waals surface area contributed by atoms with E-state index in [-0.39, 0.29) is 23.5 Å². The predicted octanol–water partition coefficient (Wildman–Crippen LogP) is 0.743. The van der Waals surface area contributed by atoms with Crippen LogP contribution in [0.1, 0.15) is 35.2 Å². The van der Waals surface area contributed by atoms with Crippen LogP contribution in [0.5, 0.6) is 0 Å². The molecular weight excluding hydrogens is 278 g/mol. The lowest BCUT2D eigenvalue weighted by molar-refractivity contribution is 0.0706. The maximum atomic E-state index is 12.6. The Morgan fingerprint density at radius 3 is 2.65 bits per heavy atom. The Morgan fingerprint density at radius 1 is 1.45 bits per heavy atom. The maximum absolute atomic E-state index is 12.6. The van der Waals surface area contributed by atoms with Crippen LogP contribution in [-0.4, -0.2) is 53.3 Å². The summed E-state index contributed by atoms with van der Waals surface area (Å²) >= 11 is 0. The Morgan fingerprint density at radius 2 is 2.15 bits per heavy atom. The fraction of sp³-hybridized carbons (Fsp3) is 0.615. The van der Waals surface area contributed by atoms with Gasteiger partial charge in [0.2, 0.25) is 0 Å². The lowest BCUT2D eigenvalue weighted by Gasteiger charge is -2.27. The Balaban J connectivity index is 2.26. The van der Waals surface area contributed by atoms with Crippen molar-refractivity contribution in [2.75, 3.05) is 18.1 Å². The predicted molar refractivity (Wildman–Crippen MR) is 75.3 cm³/mol. The van der Waals surface area contributed by atoms with Gasteiger partial charge in [-0.1, -0.05) is 0 Å². The largest absolute Gasteiger partial charge is 0.335 e. The number of rotatable bonds is 3. The molecule has 0 spiro atoms. The van der Waals surface area contributed by atoms with Gasteiger partial charge in [-0.25, -0.2) is 18.4 Å². The molecule has 1 fully saturated rings. The molecule has 0 bridgehead atoms. The van der Waals surface area contributed by atoms with Crippen LogP contribution in [0.4, 0.5) is 0 Å². The highest BCUT2D eigenvalue weighted by molar-refractivity contribution is 7.91. The van der Waals surface area contributed by atoms with Crippen molar-refractivity contribution in [3.8, 4) is 0 Å². The molecule has 0 radical (unpaired) electrons. The summed E-state index contributed by atoms with van der Waals surface area (Å²) in [5, 5.41) is 0. The van der Waals surface area contributed by atoms with Gasteiger partial charge in [-0.2, -0.15) is 0 Å². The Labute approximate surface area is 119 Å². The number of carbonyl (C=O) groups is 1. The zero-order valence-corrected chi connectivity index (χ0v) is 12.8. The molecule has 1 amide bonds. The fourth-order valence-corrected chi connectivity index (χ4v) is 4.27. The zero-order chi connectivity index (χ0) is 14.9. The van der Waals surface area contributed by atoms with E-state index in [9.17, 15) is 13.2 Å². The molecule has 0 N–H and O–H groups in total. The summed E-state index contributed by atoms with van der Waals surface area (Å²) in [7, 11) is -3.01. The second kappa shape index (κ2) is 5.47. The van der Waals surface area contributed by atoms with Gasteiger partial charge in [0.05, 0.1) is 22.8 Å². The van der Waals surface area contributed by atoms with E-state index in [0.717, 1.165) is 0 Å².